The summed E-state index contributed by atoms with van der Waals surface area (Å²) < 4.78 is 0. The van der Waals surface area contributed by atoms with Crippen LogP contribution in [0.4, 0.5) is 0 Å². The molecule has 1 N–H and O–H groups in total. The number of aromatic hydroxyl groups is 1. The fourth-order valence-corrected chi connectivity index (χ4v) is 3.44. The quantitative estimate of drug-likeness (QED) is 0.616. The zero-order valence-corrected chi connectivity index (χ0v) is 14.2. The Kier molecular flexibility index (Phi) is 5.32. The van der Waals surface area contributed by atoms with E-state index in [9.17, 15) is 5.11 Å². The summed E-state index contributed by atoms with van der Waals surface area (Å²) in [6.07, 6.45) is 2.90. The van der Waals surface area contributed by atoms with Gasteiger partial charge < -0.3 is 5.11 Å². The summed E-state index contributed by atoms with van der Waals surface area (Å²) in [6.45, 7) is 2.19. The zero-order valence-electron chi connectivity index (χ0n) is 14.2. The maximum atomic E-state index is 10.6. The molecule has 1 atom stereocenters. The Hall–Kier alpha value is -2.54. The van der Waals surface area contributed by atoms with E-state index in [-0.39, 0.29) is 5.92 Å². The number of rotatable bonds is 6. The molecular formula is C23H24O. The van der Waals surface area contributed by atoms with Crippen molar-refractivity contribution in [3.05, 3.63) is 101 Å². The third kappa shape index (κ3) is 3.68. The van der Waals surface area contributed by atoms with Gasteiger partial charge in [-0.15, -0.1) is 0 Å². The lowest BCUT2D eigenvalue weighted by atomic mass is 9.84. The van der Waals surface area contributed by atoms with Crippen molar-refractivity contribution >= 4 is 0 Å². The molecule has 3 aromatic carbocycles. The number of aryl methyl sites for hydroxylation is 2. The van der Waals surface area contributed by atoms with Crippen LogP contribution in [0.5, 0.6) is 5.75 Å². The SMILES string of the molecule is CCC(c1ccccc1)c1c(O)cccc1CCc1ccccc1. The predicted molar refractivity (Wildman–Crippen MR) is 101 cm³/mol. The van der Waals surface area contributed by atoms with E-state index in [2.05, 4.69) is 61.5 Å². The van der Waals surface area contributed by atoms with E-state index in [1.807, 2.05) is 24.3 Å². The first-order chi connectivity index (χ1) is 11.8. The minimum Gasteiger partial charge on any atom is -0.508 e. The maximum Gasteiger partial charge on any atom is 0.119 e. The summed E-state index contributed by atoms with van der Waals surface area (Å²) in [5, 5.41) is 10.6. The lowest BCUT2D eigenvalue weighted by molar-refractivity contribution is 0.462. The molecule has 0 fully saturated rings. The standard InChI is InChI=1S/C23H24O/c1-2-21(19-12-7-4-8-13-19)23-20(14-9-15-22(23)24)17-16-18-10-5-3-6-11-18/h3-15,21,24H,2,16-17H2,1H3. The minimum atomic E-state index is 0.234. The van der Waals surface area contributed by atoms with Crippen LogP contribution in [-0.2, 0) is 12.8 Å². The monoisotopic (exact) mass is 316 g/mol. The van der Waals surface area contributed by atoms with Gasteiger partial charge in [-0.1, -0.05) is 79.7 Å². The molecule has 1 nitrogen and oxygen atoms in total. The Morgan fingerprint density at radius 1 is 0.750 bits per heavy atom. The summed E-state index contributed by atoms with van der Waals surface area (Å²) in [4.78, 5) is 0. The molecular weight excluding hydrogens is 292 g/mol. The number of phenols is 1. The summed E-state index contributed by atoms with van der Waals surface area (Å²) in [5.41, 5.74) is 4.93. The van der Waals surface area contributed by atoms with Crippen molar-refractivity contribution in [3.63, 3.8) is 0 Å². The normalized spacial score (nSPS) is 12.0. The van der Waals surface area contributed by atoms with Gasteiger partial charge in [-0.05, 0) is 42.0 Å². The number of hydrogen-bond acceptors (Lipinski definition) is 1. The molecule has 0 aliphatic heterocycles. The van der Waals surface area contributed by atoms with Gasteiger partial charge in [0.25, 0.3) is 0 Å². The predicted octanol–water partition coefficient (Wildman–Crippen LogP) is 5.72. The molecule has 0 radical (unpaired) electrons. The third-order valence-corrected chi connectivity index (χ3v) is 4.66. The highest BCUT2D eigenvalue weighted by Gasteiger charge is 2.19. The smallest absolute Gasteiger partial charge is 0.119 e. The lowest BCUT2D eigenvalue weighted by Crippen LogP contribution is -2.05. The molecule has 0 spiro atoms. The van der Waals surface area contributed by atoms with Crippen molar-refractivity contribution in [2.75, 3.05) is 0 Å². The van der Waals surface area contributed by atoms with E-state index in [0.717, 1.165) is 24.8 Å². The summed E-state index contributed by atoms with van der Waals surface area (Å²) in [6, 6.07) is 27.0. The van der Waals surface area contributed by atoms with E-state index in [1.165, 1.54) is 16.7 Å². The molecule has 0 aromatic heterocycles. The number of phenolic OH excluding ortho intramolecular Hbond substituents is 1. The Morgan fingerprint density at radius 2 is 1.42 bits per heavy atom. The lowest BCUT2D eigenvalue weighted by Gasteiger charge is -2.21. The second-order valence-corrected chi connectivity index (χ2v) is 6.21. The third-order valence-electron chi connectivity index (χ3n) is 4.66. The van der Waals surface area contributed by atoms with Crippen LogP contribution in [-0.4, -0.2) is 5.11 Å². The topological polar surface area (TPSA) is 20.2 Å². The van der Waals surface area contributed by atoms with E-state index in [1.54, 1.807) is 0 Å². The van der Waals surface area contributed by atoms with Crippen LogP contribution >= 0.6 is 0 Å². The van der Waals surface area contributed by atoms with E-state index >= 15 is 0 Å². The van der Waals surface area contributed by atoms with Crippen molar-refractivity contribution in [2.24, 2.45) is 0 Å². The largest absolute Gasteiger partial charge is 0.508 e. The van der Waals surface area contributed by atoms with Crippen molar-refractivity contribution in [1.82, 2.24) is 0 Å². The molecule has 0 saturated heterocycles. The Bertz CT molecular complexity index is 763. The first-order valence-electron chi connectivity index (χ1n) is 8.69. The summed E-state index contributed by atoms with van der Waals surface area (Å²) in [7, 11) is 0. The minimum absolute atomic E-state index is 0.234. The first-order valence-corrected chi connectivity index (χ1v) is 8.69. The first kappa shape index (κ1) is 16.3. The molecule has 3 rings (SSSR count). The molecule has 3 aromatic rings. The van der Waals surface area contributed by atoms with Gasteiger partial charge in [0.1, 0.15) is 5.75 Å². The second-order valence-electron chi connectivity index (χ2n) is 6.21. The Morgan fingerprint density at radius 3 is 2.08 bits per heavy atom. The molecule has 122 valence electrons. The van der Waals surface area contributed by atoms with Crippen LogP contribution in [0.1, 0.15) is 41.5 Å². The fraction of sp³-hybridized carbons (Fsp3) is 0.217. The average Bonchev–Trinajstić information content (AvgIpc) is 2.64. The van der Waals surface area contributed by atoms with Crippen LogP contribution in [0, 0.1) is 0 Å². The van der Waals surface area contributed by atoms with Gasteiger partial charge in [-0.2, -0.15) is 0 Å². The number of benzene rings is 3. The molecule has 0 amide bonds. The fourth-order valence-electron chi connectivity index (χ4n) is 3.44. The zero-order chi connectivity index (χ0) is 16.8. The highest BCUT2D eigenvalue weighted by Crippen LogP contribution is 2.36. The van der Waals surface area contributed by atoms with Gasteiger partial charge in [0, 0.05) is 11.5 Å². The molecule has 1 unspecified atom stereocenters. The van der Waals surface area contributed by atoms with Crippen LogP contribution < -0.4 is 0 Å². The van der Waals surface area contributed by atoms with Crippen LogP contribution in [0.2, 0.25) is 0 Å². The second kappa shape index (κ2) is 7.83. The Labute approximate surface area is 144 Å². The van der Waals surface area contributed by atoms with Gasteiger partial charge in [-0.25, -0.2) is 0 Å². The molecule has 24 heavy (non-hydrogen) atoms. The summed E-state index contributed by atoms with van der Waals surface area (Å²) >= 11 is 0. The van der Waals surface area contributed by atoms with E-state index in [0.29, 0.717) is 5.75 Å². The van der Waals surface area contributed by atoms with Gasteiger partial charge >= 0.3 is 0 Å². The molecule has 0 bridgehead atoms. The Balaban J connectivity index is 1.92. The van der Waals surface area contributed by atoms with Gasteiger partial charge in [0.2, 0.25) is 0 Å². The average molecular weight is 316 g/mol. The van der Waals surface area contributed by atoms with Crippen LogP contribution in [0.15, 0.2) is 78.9 Å². The highest BCUT2D eigenvalue weighted by molar-refractivity contribution is 5.47. The highest BCUT2D eigenvalue weighted by atomic mass is 16.3. The van der Waals surface area contributed by atoms with Crippen molar-refractivity contribution in [3.8, 4) is 5.75 Å². The van der Waals surface area contributed by atoms with Crippen LogP contribution in [0.3, 0.4) is 0 Å². The molecule has 1 heteroatoms. The molecule has 0 aliphatic rings. The molecule has 0 aliphatic carbocycles. The van der Waals surface area contributed by atoms with E-state index < -0.39 is 0 Å². The van der Waals surface area contributed by atoms with Gasteiger partial charge in [0.15, 0.2) is 0 Å². The van der Waals surface area contributed by atoms with Crippen molar-refractivity contribution < 1.29 is 5.11 Å². The number of hydrogen-bond donors (Lipinski definition) is 1. The van der Waals surface area contributed by atoms with Crippen molar-refractivity contribution in [2.45, 2.75) is 32.1 Å². The summed E-state index contributed by atoms with van der Waals surface area (Å²) in [5.74, 6) is 0.648. The van der Waals surface area contributed by atoms with Crippen molar-refractivity contribution in [1.29, 1.82) is 0 Å². The van der Waals surface area contributed by atoms with Gasteiger partial charge in [0.05, 0.1) is 0 Å². The van der Waals surface area contributed by atoms with Gasteiger partial charge in [-0.3, -0.25) is 0 Å². The van der Waals surface area contributed by atoms with E-state index in [4.69, 9.17) is 0 Å². The maximum absolute atomic E-state index is 10.6. The van der Waals surface area contributed by atoms with Crippen LogP contribution in [0.25, 0.3) is 0 Å². The molecule has 0 heterocycles. The molecule has 0 saturated carbocycles.